The van der Waals surface area contributed by atoms with Crippen LogP contribution in [0.2, 0.25) is 0 Å². The van der Waals surface area contributed by atoms with Gasteiger partial charge >= 0.3 is 7.12 Å². The van der Waals surface area contributed by atoms with Gasteiger partial charge in [-0.25, -0.2) is 0 Å². The van der Waals surface area contributed by atoms with Crippen LogP contribution in [0, 0.1) is 5.92 Å². The van der Waals surface area contributed by atoms with Gasteiger partial charge in [-0.1, -0.05) is 29.8 Å². The van der Waals surface area contributed by atoms with Crippen LogP contribution in [-0.4, -0.2) is 80.9 Å². The van der Waals surface area contributed by atoms with Crippen molar-refractivity contribution < 1.29 is 24.0 Å². The van der Waals surface area contributed by atoms with Gasteiger partial charge in [0.15, 0.2) is 0 Å². The SMILES string of the molecule is CC(C)C[C@H](NC(=O)CNC(=O)c1cc(Br)ccc1Br)B1OCCN(CCO)CCO1. The van der Waals surface area contributed by atoms with Crippen LogP contribution < -0.4 is 10.6 Å². The molecule has 0 saturated carbocycles. The molecule has 1 aromatic rings. The minimum atomic E-state index is -0.558. The predicted molar refractivity (Wildman–Crippen MR) is 127 cm³/mol. The smallest absolute Gasteiger partial charge is 0.408 e. The first-order valence-electron chi connectivity index (χ1n) is 10.4. The maximum absolute atomic E-state index is 12.6. The topological polar surface area (TPSA) is 100 Å². The molecule has 0 unspecified atom stereocenters. The van der Waals surface area contributed by atoms with E-state index in [1.165, 1.54) is 0 Å². The third kappa shape index (κ3) is 9.19. The molecule has 2 rings (SSSR count). The van der Waals surface area contributed by atoms with Crippen molar-refractivity contribution in [2.45, 2.75) is 26.2 Å². The van der Waals surface area contributed by atoms with Gasteiger partial charge in [-0.15, -0.1) is 0 Å². The Morgan fingerprint density at radius 3 is 2.52 bits per heavy atom. The molecular weight excluding hydrogens is 533 g/mol. The normalized spacial score (nSPS) is 16.5. The summed E-state index contributed by atoms with van der Waals surface area (Å²) >= 11 is 6.70. The van der Waals surface area contributed by atoms with E-state index in [4.69, 9.17) is 14.4 Å². The lowest BCUT2D eigenvalue weighted by molar-refractivity contribution is -0.120. The van der Waals surface area contributed by atoms with Gasteiger partial charge < -0.3 is 25.0 Å². The molecule has 2 amide bonds. The van der Waals surface area contributed by atoms with Crippen molar-refractivity contribution in [3.63, 3.8) is 0 Å². The zero-order valence-corrected chi connectivity index (χ0v) is 21.1. The maximum Gasteiger partial charge on any atom is 0.480 e. The number of β-amino-alcohol motifs (C(OH)–C–C–N with tert-alkyl or cyclic N) is 1. The molecule has 1 fully saturated rings. The Balaban J connectivity index is 1.91. The summed E-state index contributed by atoms with van der Waals surface area (Å²) in [4.78, 5) is 27.1. The molecule has 1 aromatic carbocycles. The van der Waals surface area contributed by atoms with Gasteiger partial charge in [-0.2, -0.15) is 0 Å². The fourth-order valence-corrected chi connectivity index (χ4v) is 4.07. The second kappa shape index (κ2) is 13.5. The fourth-order valence-electron chi connectivity index (χ4n) is 3.28. The molecule has 11 heteroatoms. The van der Waals surface area contributed by atoms with Crippen molar-refractivity contribution >= 4 is 50.8 Å². The Kier molecular flexibility index (Phi) is 11.5. The van der Waals surface area contributed by atoms with Crippen molar-refractivity contribution in [1.29, 1.82) is 0 Å². The van der Waals surface area contributed by atoms with Crippen LogP contribution in [0.4, 0.5) is 0 Å². The molecule has 8 nitrogen and oxygen atoms in total. The Morgan fingerprint density at radius 2 is 1.90 bits per heavy atom. The number of aliphatic hydroxyl groups excluding tert-OH is 1. The Labute approximate surface area is 200 Å². The first-order chi connectivity index (χ1) is 14.8. The second-order valence-corrected chi connectivity index (χ2v) is 9.56. The first kappa shape index (κ1) is 26.3. The number of nitrogens with zero attached hydrogens (tertiary/aromatic N) is 1. The molecule has 0 aromatic heterocycles. The van der Waals surface area contributed by atoms with Gasteiger partial charge in [-0.05, 0) is 46.5 Å². The summed E-state index contributed by atoms with van der Waals surface area (Å²) in [5.41, 5.74) is 0.444. The van der Waals surface area contributed by atoms with Crippen molar-refractivity contribution in [3.8, 4) is 0 Å². The van der Waals surface area contributed by atoms with E-state index in [9.17, 15) is 9.59 Å². The molecule has 0 bridgehead atoms. The molecule has 3 N–H and O–H groups in total. The third-order valence-electron chi connectivity index (χ3n) is 4.78. The van der Waals surface area contributed by atoms with Crippen LogP contribution in [0.15, 0.2) is 27.1 Å². The number of amides is 2. The van der Waals surface area contributed by atoms with Crippen molar-refractivity contribution in [2.75, 3.05) is 46.0 Å². The van der Waals surface area contributed by atoms with Crippen LogP contribution in [0.1, 0.15) is 30.6 Å². The molecule has 1 aliphatic rings. The van der Waals surface area contributed by atoms with E-state index in [-0.39, 0.29) is 30.9 Å². The van der Waals surface area contributed by atoms with E-state index in [1.807, 2.05) is 6.07 Å². The van der Waals surface area contributed by atoms with Gasteiger partial charge in [0.2, 0.25) is 5.91 Å². The molecule has 1 saturated heterocycles. The molecule has 0 radical (unpaired) electrons. The van der Waals surface area contributed by atoms with Gasteiger partial charge in [0, 0.05) is 41.8 Å². The third-order valence-corrected chi connectivity index (χ3v) is 5.96. The average molecular weight is 563 g/mol. The minimum Gasteiger partial charge on any atom is -0.408 e. The number of nitrogens with one attached hydrogen (secondary N) is 2. The average Bonchev–Trinajstić information content (AvgIpc) is 2.69. The molecule has 0 spiro atoms. The lowest BCUT2D eigenvalue weighted by atomic mass is 9.73. The number of aliphatic hydroxyl groups is 1. The predicted octanol–water partition coefficient (Wildman–Crippen LogP) is 1.84. The van der Waals surface area contributed by atoms with Crippen LogP contribution >= 0.6 is 31.9 Å². The Hall–Kier alpha value is -0.975. The molecule has 31 heavy (non-hydrogen) atoms. The lowest BCUT2D eigenvalue weighted by Gasteiger charge is -2.31. The summed E-state index contributed by atoms with van der Waals surface area (Å²) < 4.78 is 13.2. The summed E-state index contributed by atoms with van der Waals surface area (Å²) in [6, 6.07) is 5.28. The monoisotopic (exact) mass is 561 g/mol. The van der Waals surface area contributed by atoms with Crippen LogP contribution in [0.5, 0.6) is 0 Å². The highest BCUT2D eigenvalue weighted by Crippen LogP contribution is 2.21. The largest absolute Gasteiger partial charge is 0.480 e. The van der Waals surface area contributed by atoms with Crippen LogP contribution in [0.3, 0.4) is 0 Å². The summed E-state index contributed by atoms with van der Waals surface area (Å²) in [6.07, 6.45) is 0.682. The van der Waals surface area contributed by atoms with Gasteiger partial charge in [0.1, 0.15) is 0 Å². The molecular formula is C20H30BBr2N3O5. The van der Waals surface area contributed by atoms with Crippen molar-refractivity contribution in [2.24, 2.45) is 5.92 Å². The standard InChI is InChI=1S/C20H30BBr2N3O5/c1-14(2)11-18(21-30-9-6-26(5-8-27)7-10-31-21)25-19(28)13-24-20(29)16-12-15(22)3-4-17(16)23/h3-4,12,14,18,27H,5-11,13H2,1-2H3,(H,24,29)(H,25,28)/t18-/m0/s1. The lowest BCUT2D eigenvalue weighted by Crippen LogP contribution is -2.54. The molecule has 1 heterocycles. The van der Waals surface area contributed by atoms with E-state index in [1.54, 1.807) is 12.1 Å². The van der Waals surface area contributed by atoms with Gasteiger partial charge in [0.05, 0.1) is 24.7 Å². The zero-order chi connectivity index (χ0) is 22.8. The summed E-state index contributed by atoms with van der Waals surface area (Å²) in [6.45, 7) is 6.94. The fraction of sp³-hybridized carbons (Fsp3) is 0.600. The highest BCUT2D eigenvalue weighted by Gasteiger charge is 2.33. The quantitative estimate of drug-likeness (QED) is 0.397. The summed E-state index contributed by atoms with van der Waals surface area (Å²) in [5, 5.41) is 14.7. The zero-order valence-electron chi connectivity index (χ0n) is 17.9. The van der Waals surface area contributed by atoms with E-state index in [2.05, 4.69) is 61.2 Å². The number of hydrogen-bond donors (Lipinski definition) is 3. The number of carbonyl (C=O) groups is 2. The highest BCUT2D eigenvalue weighted by atomic mass is 79.9. The highest BCUT2D eigenvalue weighted by molar-refractivity contribution is 9.11. The van der Waals surface area contributed by atoms with E-state index in [0.29, 0.717) is 55.2 Å². The molecule has 0 aliphatic carbocycles. The van der Waals surface area contributed by atoms with Gasteiger partial charge in [-0.3, -0.25) is 14.5 Å². The van der Waals surface area contributed by atoms with Crippen LogP contribution in [0.25, 0.3) is 0 Å². The molecule has 1 aliphatic heterocycles. The summed E-state index contributed by atoms with van der Waals surface area (Å²) in [7, 11) is -0.558. The maximum atomic E-state index is 12.6. The number of rotatable bonds is 9. The molecule has 172 valence electrons. The molecule has 1 atom stereocenters. The first-order valence-corrected chi connectivity index (χ1v) is 12.0. The van der Waals surface area contributed by atoms with E-state index >= 15 is 0 Å². The van der Waals surface area contributed by atoms with Crippen molar-refractivity contribution in [3.05, 3.63) is 32.7 Å². The minimum absolute atomic E-state index is 0.0949. The Bertz CT molecular complexity index is 731. The van der Waals surface area contributed by atoms with Crippen LogP contribution in [-0.2, 0) is 14.1 Å². The second-order valence-electron chi connectivity index (χ2n) is 7.79. The van der Waals surface area contributed by atoms with E-state index in [0.717, 1.165) is 4.47 Å². The van der Waals surface area contributed by atoms with Gasteiger partial charge in [0.25, 0.3) is 5.91 Å². The Morgan fingerprint density at radius 1 is 1.23 bits per heavy atom. The number of halogens is 2. The van der Waals surface area contributed by atoms with E-state index < -0.39 is 7.12 Å². The van der Waals surface area contributed by atoms with Crippen molar-refractivity contribution in [1.82, 2.24) is 15.5 Å². The number of benzene rings is 1. The summed E-state index contributed by atoms with van der Waals surface area (Å²) in [5.74, 6) is -0.653. The number of carbonyl (C=O) groups excluding carboxylic acids is 2. The number of hydrogen-bond acceptors (Lipinski definition) is 6.